The summed E-state index contributed by atoms with van der Waals surface area (Å²) in [7, 11) is 0. The third-order valence-corrected chi connectivity index (χ3v) is 5.97. The van der Waals surface area contributed by atoms with Crippen LogP contribution in [-0.2, 0) is 0 Å². The summed E-state index contributed by atoms with van der Waals surface area (Å²) in [6, 6.07) is 8.08. The Labute approximate surface area is 119 Å². The summed E-state index contributed by atoms with van der Waals surface area (Å²) < 4.78 is 0. The fourth-order valence-electron chi connectivity index (χ4n) is 5.31. The van der Waals surface area contributed by atoms with E-state index in [0.29, 0.717) is 5.56 Å². The molecule has 19 heavy (non-hydrogen) atoms. The summed E-state index contributed by atoms with van der Waals surface area (Å²) in [6.45, 7) is 0. The molecule has 4 aliphatic rings. The van der Waals surface area contributed by atoms with Crippen LogP contribution in [0, 0.1) is 23.7 Å². The standard InChI is InChI=1S/C17H19ClO/c18-17(19)13-3-1-12(2-4-13)16-14-6-10-5-11(8-14)9-15(16)7-10/h1-4,10-11,14-16H,5-9H2. The third kappa shape index (κ3) is 1.94. The van der Waals surface area contributed by atoms with Crippen LogP contribution in [0.25, 0.3) is 0 Å². The van der Waals surface area contributed by atoms with Gasteiger partial charge in [0.2, 0.25) is 0 Å². The van der Waals surface area contributed by atoms with Crippen molar-refractivity contribution in [1.82, 2.24) is 0 Å². The first-order chi connectivity index (χ1) is 9.20. The van der Waals surface area contributed by atoms with Crippen molar-refractivity contribution in [3.63, 3.8) is 0 Å². The minimum Gasteiger partial charge on any atom is -0.276 e. The molecule has 0 aromatic heterocycles. The molecule has 4 aliphatic carbocycles. The van der Waals surface area contributed by atoms with Crippen LogP contribution in [0.3, 0.4) is 0 Å². The van der Waals surface area contributed by atoms with Gasteiger partial charge in [-0.25, -0.2) is 0 Å². The lowest BCUT2D eigenvalue weighted by Crippen LogP contribution is -2.43. The van der Waals surface area contributed by atoms with Gasteiger partial charge in [-0.15, -0.1) is 0 Å². The van der Waals surface area contributed by atoms with Gasteiger partial charge in [0.05, 0.1) is 0 Å². The zero-order valence-corrected chi connectivity index (χ0v) is 11.8. The second-order valence-electron chi connectivity index (χ2n) is 6.85. The molecule has 0 unspecified atom stereocenters. The number of hydrogen-bond donors (Lipinski definition) is 0. The number of rotatable bonds is 2. The highest BCUT2D eigenvalue weighted by atomic mass is 35.5. The second kappa shape index (κ2) is 4.34. The van der Waals surface area contributed by atoms with Gasteiger partial charge in [0.15, 0.2) is 0 Å². The number of hydrogen-bond acceptors (Lipinski definition) is 1. The van der Waals surface area contributed by atoms with Crippen molar-refractivity contribution in [1.29, 1.82) is 0 Å². The normalized spacial score (nSPS) is 39.5. The predicted molar refractivity (Wildman–Crippen MR) is 76.4 cm³/mol. The molecule has 0 N–H and O–H groups in total. The quantitative estimate of drug-likeness (QED) is 0.720. The van der Waals surface area contributed by atoms with Gasteiger partial charge in [-0.1, -0.05) is 12.1 Å². The Bertz CT molecular complexity index is 476. The zero-order valence-electron chi connectivity index (χ0n) is 11.0. The van der Waals surface area contributed by atoms with E-state index in [4.69, 9.17) is 11.6 Å². The van der Waals surface area contributed by atoms with Crippen molar-refractivity contribution in [2.24, 2.45) is 23.7 Å². The third-order valence-electron chi connectivity index (χ3n) is 5.75. The summed E-state index contributed by atoms with van der Waals surface area (Å²) >= 11 is 5.52. The van der Waals surface area contributed by atoms with E-state index >= 15 is 0 Å². The summed E-state index contributed by atoms with van der Waals surface area (Å²) in [6.07, 6.45) is 7.25. The Hall–Kier alpha value is -0.820. The van der Waals surface area contributed by atoms with E-state index in [0.717, 1.165) is 29.6 Å². The number of halogens is 1. The first kappa shape index (κ1) is 12.0. The van der Waals surface area contributed by atoms with Crippen LogP contribution in [0.5, 0.6) is 0 Å². The smallest absolute Gasteiger partial charge is 0.252 e. The molecule has 2 heteroatoms. The van der Waals surface area contributed by atoms with Crippen LogP contribution in [0.1, 0.15) is 53.9 Å². The van der Waals surface area contributed by atoms with E-state index in [1.54, 1.807) is 0 Å². The lowest BCUT2D eigenvalue weighted by Gasteiger charge is -2.54. The van der Waals surface area contributed by atoms with Crippen molar-refractivity contribution >= 4 is 16.8 Å². The van der Waals surface area contributed by atoms with Gasteiger partial charge in [-0.05, 0) is 91.0 Å². The Balaban J connectivity index is 1.63. The molecule has 4 bridgehead atoms. The maximum absolute atomic E-state index is 11.1. The number of carbonyl (C=O) groups is 1. The Kier molecular flexibility index (Phi) is 2.73. The number of carbonyl (C=O) groups excluding carboxylic acids is 1. The van der Waals surface area contributed by atoms with E-state index in [2.05, 4.69) is 12.1 Å². The van der Waals surface area contributed by atoms with Crippen molar-refractivity contribution in [2.45, 2.75) is 38.0 Å². The Morgan fingerprint density at radius 1 is 0.895 bits per heavy atom. The molecule has 0 spiro atoms. The van der Waals surface area contributed by atoms with Crippen molar-refractivity contribution < 1.29 is 4.79 Å². The molecule has 1 nitrogen and oxygen atoms in total. The van der Waals surface area contributed by atoms with Gasteiger partial charge in [-0.2, -0.15) is 0 Å². The molecule has 1 aromatic carbocycles. The van der Waals surface area contributed by atoms with Crippen LogP contribution < -0.4 is 0 Å². The molecule has 0 aliphatic heterocycles. The zero-order chi connectivity index (χ0) is 13.0. The second-order valence-corrected chi connectivity index (χ2v) is 7.20. The molecule has 0 amide bonds. The highest BCUT2D eigenvalue weighted by Gasteiger charge is 2.48. The predicted octanol–water partition coefficient (Wildman–Crippen LogP) is 4.61. The fourth-order valence-corrected chi connectivity index (χ4v) is 5.43. The average Bonchev–Trinajstić information content (AvgIpc) is 2.38. The molecule has 5 rings (SSSR count). The van der Waals surface area contributed by atoms with E-state index in [9.17, 15) is 4.79 Å². The van der Waals surface area contributed by atoms with Gasteiger partial charge in [0.25, 0.3) is 5.24 Å². The van der Waals surface area contributed by atoms with Crippen LogP contribution >= 0.6 is 11.6 Å². The summed E-state index contributed by atoms with van der Waals surface area (Å²) in [5.74, 6) is 4.57. The molecule has 0 heterocycles. The van der Waals surface area contributed by atoms with Crippen molar-refractivity contribution in [3.05, 3.63) is 35.4 Å². The maximum atomic E-state index is 11.1. The van der Waals surface area contributed by atoms with Gasteiger partial charge >= 0.3 is 0 Å². The monoisotopic (exact) mass is 274 g/mol. The van der Waals surface area contributed by atoms with E-state index in [1.165, 1.54) is 37.7 Å². The average molecular weight is 275 g/mol. The summed E-state index contributed by atoms with van der Waals surface area (Å²) in [5.41, 5.74) is 2.06. The molecule has 0 radical (unpaired) electrons. The van der Waals surface area contributed by atoms with Crippen LogP contribution in [-0.4, -0.2) is 5.24 Å². The maximum Gasteiger partial charge on any atom is 0.252 e. The largest absolute Gasteiger partial charge is 0.276 e. The van der Waals surface area contributed by atoms with Gasteiger partial charge in [0.1, 0.15) is 0 Å². The fraction of sp³-hybridized carbons (Fsp3) is 0.588. The molecule has 4 fully saturated rings. The SMILES string of the molecule is O=C(Cl)c1ccc(C2C3CC4CC(C3)CC2C4)cc1. The van der Waals surface area contributed by atoms with Crippen LogP contribution in [0.2, 0.25) is 0 Å². The van der Waals surface area contributed by atoms with Crippen molar-refractivity contribution in [2.75, 3.05) is 0 Å². The molecular formula is C17H19ClO. The van der Waals surface area contributed by atoms with E-state index in [-0.39, 0.29) is 5.24 Å². The summed E-state index contributed by atoms with van der Waals surface area (Å²) in [4.78, 5) is 11.1. The van der Waals surface area contributed by atoms with Crippen LogP contribution in [0.4, 0.5) is 0 Å². The minimum absolute atomic E-state index is 0.350. The highest BCUT2D eigenvalue weighted by Crippen LogP contribution is 2.59. The highest BCUT2D eigenvalue weighted by molar-refractivity contribution is 6.67. The topological polar surface area (TPSA) is 17.1 Å². The van der Waals surface area contributed by atoms with Gasteiger partial charge in [-0.3, -0.25) is 4.79 Å². The Morgan fingerprint density at radius 2 is 1.42 bits per heavy atom. The molecule has 0 atom stereocenters. The van der Waals surface area contributed by atoms with E-state index < -0.39 is 0 Å². The number of benzene rings is 1. The molecule has 0 saturated heterocycles. The van der Waals surface area contributed by atoms with Gasteiger partial charge < -0.3 is 0 Å². The first-order valence-corrected chi connectivity index (χ1v) is 7.88. The molecule has 4 saturated carbocycles. The van der Waals surface area contributed by atoms with Crippen LogP contribution in [0.15, 0.2) is 24.3 Å². The lowest BCUT2D eigenvalue weighted by atomic mass is 9.51. The van der Waals surface area contributed by atoms with E-state index in [1.807, 2.05) is 12.1 Å². The minimum atomic E-state index is -0.350. The molecule has 100 valence electrons. The first-order valence-electron chi connectivity index (χ1n) is 7.50. The van der Waals surface area contributed by atoms with Crippen molar-refractivity contribution in [3.8, 4) is 0 Å². The lowest BCUT2D eigenvalue weighted by molar-refractivity contribution is -0.00277. The Morgan fingerprint density at radius 3 is 1.89 bits per heavy atom. The molecular weight excluding hydrogens is 256 g/mol. The summed E-state index contributed by atoms with van der Waals surface area (Å²) in [5, 5.41) is -0.350. The molecule has 1 aromatic rings. The van der Waals surface area contributed by atoms with Gasteiger partial charge in [0, 0.05) is 5.56 Å².